The Morgan fingerprint density at radius 1 is 1.23 bits per heavy atom. The predicted octanol–water partition coefficient (Wildman–Crippen LogP) is 3.48. The van der Waals surface area contributed by atoms with Crippen LogP contribution in [0.2, 0.25) is 0 Å². The van der Waals surface area contributed by atoms with Gasteiger partial charge in [0.1, 0.15) is 0 Å². The molecule has 1 N–H and O–H groups in total. The minimum Gasteiger partial charge on any atom is -0.426 e. The molecule has 3 rings (SSSR count). The topological polar surface area (TPSA) is 62.4 Å². The highest BCUT2D eigenvalue weighted by molar-refractivity contribution is 5.14. The summed E-state index contributed by atoms with van der Waals surface area (Å²) >= 11 is 0. The number of likely N-dealkylation sites (tertiary alicyclic amines) is 1. The van der Waals surface area contributed by atoms with Gasteiger partial charge in [-0.25, -0.2) is 0 Å². The minimum atomic E-state index is 0.349. The fourth-order valence-electron chi connectivity index (χ4n) is 4.77. The van der Waals surface area contributed by atoms with Crippen molar-refractivity contribution in [2.45, 2.75) is 53.4 Å². The Hall–Kier alpha value is -1.20. The highest BCUT2D eigenvalue weighted by Crippen LogP contribution is 2.39. The molecule has 5 heteroatoms. The van der Waals surface area contributed by atoms with Crippen LogP contribution in [-0.4, -0.2) is 46.4 Å². The maximum Gasteiger partial charge on any atom is 0.217 e. The third-order valence-corrected chi connectivity index (χ3v) is 6.51. The van der Waals surface area contributed by atoms with Crippen molar-refractivity contribution in [3.05, 3.63) is 23.4 Å². The molecule has 146 valence electrons. The SMILES string of the molecule is CC1=C[C@@H](CN2CCC(CO)CC2)[C@H](C(C)C)C[C@@H]1Cc1nnc(C)o1. The van der Waals surface area contributed by atoms with Gasteiger partial charge in [0.25, 0.3) is 0 Å². The van der Waals surface area contributed by atoms with Gasteiger partial charge < -0.3 is 14.4 Å². The average Bonchev–Trinajstić information content (AvgIpc) is 3.02. The van der Waals surface area contributed by atoms with E-state index in [1.165, 1.54) is 12.0 Å². The van der Waals surface area contributed by atoms with Crippen molar-refractivity contribution < 1.29 is 9.52 Å². The summed E-state index contributed by atoms with van der Waals surface area (Å²) in [5.41, 5.74) is 1.48. The zero-order valence-corrected chi connectivity index (χ0v) is 16.8. The molecule has 1 saturated heterocycles. The quantitative estimate of drug-likeness (QED) is 0.786. The summed E-state index contributed by atoms with van der Waals surface area (Å²) in [5, 5.41) is 17.5. The van der Waals surface area contributed by atoms with Gasteiger partial charge in [-0.05, 0) is 68.9 Å². The lowest BCUT2D eigenvalue weighted by molar-refractivity contribution is 0.103. The van der Waals surface area contributed by atoms with Crippen LogP contribution in [0.5, 0.6) is 0 Å². The van der Waals surface area contributed by atoms with Crippen molar-refractivity contribution in [3.63, 3.8) is 0 Å². The first-order chi connectivity index (χ1) is 12.5. The number of aryl methyl sites for hydroxylation is 1. The van der Waals surface area contributed by atoms with Gasteiger partial charge in [-0.3, -0.25) is 0 Å². The van der Waals surface area contributed by atoms with Crippen molar-refractivity contribution in [1.29, 1.82) is 0 Å². The van der Waals surface area contributed by atoms with Gasteiger partial charge >= 0.3 is 0 Å². The molecule has 1 aliphatic carbocycles. The Kier molecular flexibility index (Phi) is 6.51. The highest BCUT2D eigenvalue weighted by atomic mass is 16.4. The first kappa shape index (κ1) is 19.6. The normalized spacial score (nSPS) is 28.5. The number of hydrogen-bond donors (Lipinski definition) is 1. The molecule has 2 aliphatic rings. The first-order valence-electron chi connectivity index (χ1n) is 10.3. The van der Waals surface area contributed by atoms with Crippen LogP contribution in [0.15, 0.2) is 16.1 Å². The van der Waals surface area contributed by atoms with E-state index in [-0.39, 0.29) is 0 Å². The summed E-state index contributed by atoms with van der Waals surface area (Å²) in [6.45, 7) is 12.6. The smallest absolute Gasteiger partial charge is 0.217 e. The molecule has 0 saturated carbocycles. The molecule has 5 nitrogen and oxygen atoms in total. The minimum absolute atomic E-state index is 0.349. The predicted molar refractivity (Wildman–Crippen MR) is 103 cm³/mol. The van der Waals surface area contributed by atoms with E-state index >= 15 is 0 Å². The summed E-state index contributed by atoms with van der Waals surface area (Å²) in [5.74, 6) is 4.45. The van der Waals surface area contributed by atoms with Crippen LogP contribution in [0.4, 0.5) is 0 Å². The molecule has 0 radical (unpaired) electrons. The van der Waals surface area contributed by atoms with E-state index in [1.807, 2.05) is 6.92 Å². The zero-order valence-electron chi connectivity index (χ0n) is 16.8. The standard InChI is InChI=1S/C21H35N3O2/c1-14(2)20-10-18(11-21-23-22-16(4)26-21)15(3)9-19(20)12-24-7-5-17(13-25)6-8-24/h9,14,17-20,25H,5-8,10-13H2,1-4H3/t18-,19+,20+/m1/s1. The van der Waals surface area contributed by atoms with Crippen LogP contribution in [0.25, 0.3) is 0 Å². The summed E-state index contributed by atoms with van der Waals surface area (Å²) in [6.07, 6.45) is 6.87. The number of nitrogens with zero attached hydrogens (tertiary/aromatic N) is 3. The van der Waals surface area contributed by atoms with Crippen molar-refractivity contribution in [2.75, 3.05) is 26.2 Å². The molecule has 0 spiro atoms. The molecular weight excluding hydrogens is 326 g/mol. The van der Waals surface area contributed by atoms with Gasteiger partial charge in [0.05, 0.1) is 0 Å². The van der Waals surface area contributed by atoms with E-state index in [1.54, 1.807) is 0 Å². The highest BCUT2D eigenvalue weighted by Gasteiger charge is 2.34. The number of hydrogen-bond acceptors (Lipinski definition) is 5. The van der Waals surface area contributed by atoms with Crippen LogP contribution >= 0.6 is 0 Å². The molecule has 26 heavy (non-hydrogen) atoms. The molecule has 0 unspecified atom stereocenters. The van der Waals surface area contributed by atoms with Crippen molar-refractivity contribution in [2.24, 2.45) is 29.6 Å². The van der Waals surface area contributed by atoms with Crippen molar-refractivity contribution in [3.8, 4) is 0 Å². The fraction of sp³-hybridized carbons (Fsp3) is 0.810. The monoisotopic (exact) mass is 361 g/mol. The number of aliphatic hydroxyl groups excluding tert-OH is 1. The maximum absolute atomic E-state index is 9.35. The number of allylic oxidation sites excluding steroid dienone is 1. The van der Waals surface area contributed by atoms with Gasteiger partial charge in [-0.2, -0.15) is 0 Å². The van der Waals surface area contributed by atoms with Crippen LogP contribution in [0.1, 0.15) is 51.8 Å². The van der Waals surface area contributed by atoms with Crippen LogP contribution in [0.3, 0.4) is 0 Å². The average molecular weight is 362 g/mol. The van der Waals surface area contributed by atoms with Crippen LogP contribution < -0.4 is 0 Å². The van der Waals surface area contributed by atoms with Crippen LogP contribution in [0, 0.1) is 36.5 Å². The maximum atomic E-state index is 9.35. The molecule has 1 fully saturated rings. The summed E-state index contributed by atoms with van der Waals surface area (Å²) < 4.78 is 5.62. The van der Waals surface area contributed by atoms with E-state index in [4.69, 9.17) is 4.42 Å². The van der Waals surface area contributed by atoms with Crippen LogP contribution in [-0.2, 0) is 6.42 Å². The number of aromatic nitrogens is 2. The molecule has 0 bridgehead atoms. The lowest BCUT2D eigenvalue weighted by atomic mass is 9.69. The Bertz CT molecular complexity index is 602. The Balaban J connectivity index is 1.65. The Labute approximate surface area is 157 Å². The van der Waals surface area contributed by atoms with Crippen molar-refractivity contribution in [1.82, 2.24) is 15.1 Å². The second kappa shape index (κ2) is 8.66. The first-order valence-corrected chi connectivity index (χ1v) is 10.3. The zero-order chi connectivity index (χ0) is 18.7. The molecule has 3 atom stereocenters. The van der Waals surface area contributed by atoms with Gasteiger partial charge in [-0.15, -0.1) is 10.2 Å². The lowest BCUT2D eigenvalue weighted by Crippen LogP contribution is -2.41. The lowest BCUT2D eigenvalue weighted by Gasteiger charge is -2.40. The number of rotatable bonds is 6. The second-order valence-corrected chi connectivity index (χ2v) is 8.76. The molecular formula is C21H35N3O2. The van der Waals surface area contributed by atoms with E-state index in [0.717, 1.165) is 44.8 Å². The molecule has 0 aromatic carbocycles. The van der Waals surface area contributed by atoms with Crippen molar-refractivity contribution >= 4 is 0 Å². The third-order valence-electron chi connectivity index (χ3n) is 6.51. The van der Waals surface area contributed by atoms with Gasteiger partial charge in [0, 0.05) is 26.5 Å². The fourth-order valence-corrected chi connectivity index (χ4v) is 4.77. The summed E-state index contributed by atoms with van der Waals surface area (Å²) in [7, 11) is 0. The molecule has 2 heterocycles. The van der Waals surface area contributed by atoms with Gasteiger partial charge in [0.2, 0.25) is 11.8 Å². The molecule has 1 aromatic heterocycles. The van der Waals surface area contributed by atoms with Gasteiger partial charge in [-0.1, -0.05) is 25.5 Å². The van der Waals surface area contributed by atoms with E-state index < -0.39 is 0 Å². The molecule has 1 aromatic rings. The largest absolute Gasteiger partial charge is 0.426 e. The second-order valence-electron chi connectivity index (χ2n) is 8.76. The Morgan fingerprint density at radius 2 is 1.96 bits per heavy atom. The third kappa shape index (κ3) is 4.74. The Morgan fingerprint density at radius 3 is 2.54 bits per heavy atom. The number of aliphatic hydroxyl groups is 1. The van der Waals surface area contributed by atoms with E-state index in [0.29, 0.717) is 42.1 Å². The molecule has 1 aliphatic heterocycles. The van der Waals surface area contributed by atoms with E-state index in [9.17, 15) is 5.11 Å². The van der Waals surface area contributed by atoms with E-state index in [2.05, 4.69) is 41.9 Å². The number of piperidine rings is 1. The van der Waals surface area contributed by atoms with Gasteiger partial charge in [0.15, 0.2) is 0 Å². The summed E-state index contributed by atoms with van der Waals surface area (Å²) in [4.78, 5) is 2.61. The molecule has 0 amide bonds. The summed E-state index contributed by atoms with van der Waals surface area (Å²) in [6, 6.07) is 0.